The van der Waals surface area contributed by atoms with Crippen LogP contribution in [-0.4, -0.2) is 47.1 Å². The highest BCUT2D eigenvalue weighted by Crippen LogP contribution is 2.24. The summed E-state index contributed by atoms with van der Waals surface area (Å²) in [7, 11) is -3.62. The second-order valence-electron chi connectivity index (χ2n) is 6.96. The molecule has 1 aliphatic heterocycles. The second-order valence-corrected chi connectivity index (χ2v) is 9.19. The monoisotopic (exact) mass is 401 g/mol. The molecule has 1 aliphatic rings. The molecule has 3 aromatic rings. The first-order chi connectivity index (χ1) is 13.4. The van der Waals surface area contributed by atoms with Crippen molar-refractivity contribution in [2.24, 2.45) is 0 Å². The van der Waals surface area contributed by atoms with Crippen molar-refractivity contribution in [2.45, 2.75) is 29.5 Å². The van der Waals surface area contributed by atoms with Crippen LogP contribution in [0.1, 0.15) is 12.8 Å². The molecule has 1 amide bonds. The maximum atomic E-state index is 13.1. The minimum absolute atomic E-state index is 0.0915. The number of carbonyl (C=O) groups excluding carboxylic acids is 1. The van der Waals surface area contributed by atoms with E-state index in [0.717, 1.165) is 23.2 Å². The lowest BCUT2D eigenvalue weighted by molar-refractivity contribution is -0.132. The molecule has 1 aromatic heterocycles. The van der Waals surface area contributed by atoms with Crippen molar-refractivity contribution in [3.8, 4) is 0 Å². The second kappa shape index (κ2) is 7.35. The van der Waals surface area contributed by atoms with Gasteiger partial charge in [-0.15, -0.1) is 0 Å². The largest absolute Gasteiger partial charge is 0.340 e. The number of hydrogen-bond acceptors (Lipinski definition) is 4. The van der Waals surface area contributed by atoms with E-state index in [0.29, 0.717) is 19.4 Å². The van der Waals surface area contributed by atoms with Gasteiger partial charge in [-0.1, -0.05) is 12.1 Å². The summed E-state index contributed by atoms with van der Waals surface area (Å²) in [6.07, 6.45) is 2.72. The molecule has 8 heteroatoms. The lowest BCUT2D eigenvalue weighted by Crippen LogP contribution is -2.46. The molecule has 1 fully saturated rings. The zero-order valence-corrected chi connectivity index (χ0v) is 16.0. The van der Waals surface area contributed by atoms with Gasteiger partial charge in [-0.2, -0.15) is 0 Å². The van der Waals surface area contributed by atoms with Gasteiger partial charge in [0.25, 0.3) is 0 Å². The Hall–Kier alpha value is -2.74. The Morgan fingerprint density at radius 2 is 1.89 bits per heavy atom. The zero-order valence-electron chi connectivity index (χ0n) is 15.2. The number of fused-ring (bicyclic) bond motifs is 1. The number of hydrogen-bond donors (Lipinski definition) is 0. The molecular weight excluding hydrogens is 381 g/mol. The zero-order chi connectivity index (χ0) is 19.7. The molecule has 2 heterocycles. The Morgan fingerprint density at radius 3 is 2.68 bits per heavy atom. The summed E-state index contributed by atoms with van der Waals surface area (Å²) in [5.74, 6) is -0.617. The summed E-state index contributed by atoms with van der Waals surface area (Å²) in [5.41, 5.74) is 1.68. The number of benzene rings is 2. The van der Waals surface area contributed by atoms with E-state index in [-0.39, 0.29) is 23.9 Å². The van der Waals surface area contributed by atoms with E-state index < -0.39 is 20.9 Å². The number of halogens is 1. The SMILES string of the molecule is O=C(Cn1cnc2ccccc21)N1CCCC(S(=O)(=O)c2ccc(F)cc2)C1. The Kier molecular flexibility index (Phi) is 4.89. The normalized spacial score (nSPS) is 17.8. The number of sulfone groups is 1. The molecule has 2 aromatic carbocycles. The summed E-state index contributed by atoms with van der Waals surface area (Å²) in [6, 6.07) is 12.4. The summed E-state index contributed by atoms with van der Waals surface area (Å²) in [6.45, 7) is 0.788. The van der Waals surface area contributed by atoms with Crippen molar-refractivity contribution in [1.29, 1.82) is 0 Å². The molecule has 1 atom stereocenters. The van der Waals surface area contributed by atoms with Crippen LogP contribution in [-0.2, 0) is 21.2 Å². The number of aromatic nitrogens is 2. The molecule has 28 heavy (non-hydrogen) atoms. The molecular formula is C20H20FN3O3S. The first-order valence-corrected chi connectivity index (χ1v) is 10.7. The number of nitrogens with zero attached hydrogens (tertiary/aromatic N) is 3. The number of piperidine rings is 1. The molecule has 0 saturated carbocycles. The fourth-order valence-electron chi connectivity index (χ4n) is 3.62. The van der Waals surface area contributed by atoms with E-state index in [1.54, 1.807) is 15.8 Å². The molecule has 4 rings (SSSR count). The highest BCUT2D eigenvalue weighted by atomic mass is 32.2. The van der Waals surface area contributed by atoms with Gasteiger partial charge in [0, 0.05) is 13.1 Å². The lowest BCUT2D eigenvalue weighted by Gasteiger charge is -2.32. The van der Waals surface area contributed by atoms with Gasteiger partial charge >= 0.3 is 0 Å². The van der Waals surface area contributed by atoms with Crippen LogP contribution in [0, 0.1) is 5.82 Å². The summed E-state index contributed by atoms with van der Waals surface area (Å²) in [4.78, 5) is 18.8. The van der Waals surface area contributed by atoms with E-state index in [4.69, 9.17) is 0 Å². The third-order valence-electron chi connectivity index (χ3n) is 5.14. The van der Waals surface area contributed by atoms with Gasteiger partial charge in [0.2, 0.25) is 5.91 Å². The van der Waals surface area contributed by atoms with Crippen LogP contribution in [0.4, 0.5) is 4.39 Å². The maximum Gasteiger partial charge on any atom is 0.242 e. The fraction of sp³-hybridized carbons (Fsp3) is 0.300. The quantitative estimate of drug-likeness (QED) is 0.630. The fourth-order valence-corrected chi connectivity index (χ4v) is 5.37. The number of carbonyl (C=O) groups is 1. The van der Waals surface area contributed by atoms with Crippen LogP contribution in [0.2, 0.25) is 0 Å². The summed E-state index contributed by atoms with van der Waals surface area (Å²) >= 11 is 0. The van der Waals surface area contributed by atoms with Gasteiger partial charge in [-0.05, 0) is 49.2 Å². The molecule has 6 nitrogen and oxygen atoms in total. The molecule has 0 aliphatic carbocycles. The first kappa shape index (κ1) is 18.6. The molecule has 1 saturated heterocycles. The number of amides is 1. The third-order valence-corrected chi connectivity index (χ3v) is 7.34. The van der Waals surface area contributed by atoms with Crippen LogP contribution >= 0.6 is 0 Å². The van der Waals surface area contributed by atoms with Crippen LogP contribution in [0.15, 0.2) is 59.8 Å². The number of rotatable bonds is 4. The van der Waals surface area contributed by atoms with Crippen molar-refractivity contribution in [3.63, 3.8) is 0 Å². The van der Waals surface area contributed by atoms with Crippen molar-refractivity contribution in [3.05, 3.63) is 60.7 Å². The van der Waals surface area contributed by atoms with E-state index in [1.165, 1.54) is 12.1 Å². The minimum Gasteiger partial charge on any atom is -0.340 e. The molecule has 0 radical (unpaired) electrons. The number of likely N-dealkylation sites (tertiary alicyclic amines) is 1. The Labute approximate surface area is 162 Å². The van der Waals surface area contributed by atoms with E-state index in [1.807, 2.05) is 24.3 Å². The molecule has 1 unspecified atom stereocenters. The van der Waals surface area contributed by atoms with Gasteiger partial charge in [-0.3, -0.25) is 4.79 Å². The molecule has 146 valence electrons. The van der Waals surface area contributed by atoms with Gasteiger partial charge in [0.1, 0.15) is 12.4 Å². The Morgan fingerprint density at radius 1 is 1.14 bits per heavy atom. The molecule has 0 spiro atoms. The standard InChI is InChI=1S/C20H20FN3O3S/c21-15-7-9-16(10-8-15)28(26,27)17-4-3-11-23(12-17)20(25)13-24-14-22-18-5-1-2-6-19(18)24/h1-2,5-10,14,17H,3-4,11-13H2. The van der Waals surface area contributed by atoms with E-state index in [2.05, 4.69) is 4.98 Å². The highest BCUT2D eigenvalue weighted by Gasteiger charge is 2.33. The van der Waals surface area contributed by atoms with Crippen molar-refractivity contribution >= 4 is 26.8 Å². The summed E-state index contributed by atoms with van der Waals surface area (Å²) < 4.78 is 40.7. The van der Waals surface area contributed by atoms with Gasteiger partial charge in [-0.25, -0.2) is 17.8 Å². The number of imidazole rings is 1. The summed E-state index contributed by atoms with van der Waals surface area (Å²) in [5, 5.41) is -0.685. The predicted molar refractivity (Wildman–Crippen MR) is 103 cm³/mol. The van der Waals surface area contributed by atoms with Crippen LogP contribution in [0.25, 0.3) is 11.0 Å². The van der Waals surface area contributed by atoms with E-state index in [9.17, 15) is 17.6 Å². The Balaban J connectivity index is 1.50. The average molecular weight is 401 g/mol. The van der Waals surface area contributed by atoms with E-state index >= 15 is 0 Å². The van der Waals surface area contributed by atoms with Crippen molar-refractivity contribution < 1.29 is 17.6 Å². The van der Waals surface area contributed by atoms with Crippen LogP contribution in [0.5, 0.6) is 0 Å². The van der Waals surface area contributed by atoms with Crippen molar-refractivity contribution in [2.75, 3.05) is 13.1 Å². The van der Waals surface area contributed by atoms with Crippen molar-refractivity contribution in [1.82, 2.24) is 14.5 Å². The predicted octanol–water partition coefficient (Wildman–Crippen LogP) is 2.64. The average Bonchev–Trinajstić information content (AvgIpc) is 3.11. The van der Waals surface area contributed by atoms with Gasteiger partial charge in [0.15, 0.2) is 9.84 Å². The topological polar surface area (TPSA) is 72.3 Å². The van der Waals surface area contributed by atoms with Gasteiger partial charge < -0.3 is 9.47 Å². The lowest BCUT2D eigenvalue weighted by atomic mass is 10.1. The highest BCUT2D eigenvalue weighted by molar-refractivity contribution is 7.92. The number of para-hydroxylation sites is 2. The Bertz CT molecular complexity index is 1110. The first-order valence-electron chi connectivity index (χ1n) is 9.12. The van der Waals surface area contributed by atoms with Crippen LogP contribution in [0.3, 0.4) is 0 Å². The van der Waals surface area contributed by atoms with Gasteiger partial charge in [0.05, 0.1) is 27.5 Å². The minimum atomic E-state index is -3.62. The third kappa shape index (κ3) is 3.52. The molecule has 0 N–H and O–H groups in total. The van der Waals surface area contributed by atoms with Crippen LogP contribution < -0.4 is 0 Å². The maximum absolute atomic E-state index is 13.1. The molecule has 0 bridgehead atoms. The smallest absolute Gasteiger partial charge is 0.242 e.